The first-order chi connectivity index (χ1) is 9.09. The summed E-state index contributed by atoms with van der Waals surface area (Å²) in [6.45, 7) is 2.55. The van der Waals surface area contributed by atoms with E-state index in [0.29, 0.717) is 13.0 Å². The van der Waals surface area contributed by atoms with E-state index in [1.807, 2.05) is 36.7 Å². The van der Waals surface area contributed by atoms with Crippen LogP contribution in [-0.4, -0.2) is 27.2 Å². The molecule has 0 unspecified atom stereocenters. The van der Waals surface area contributed by atoms with Crippen LogP contribution >= 0.6 is 22.6 Å². The van der Waals surface area contributed by atoms with Crippen molar-refractivity contribution in [3.8, 4) is 0 Å². The Balaban J connectivity index is 1.95. The third-order valence-corrected chi connectivity index (χ3v) is 4.31. The minimum absolute atomic E-state index is 0.0460. The van der Waals surface area contributed by atoms with Gasteiger partial charge in [0, 0.05) is 23.6 Å². The summed E-state index contributed by atoms with van der Waals surface area (Å²) in [7, 11) is 1.89. The minimum Gasteiger partial charge on any atom is -0.352 e. The molecule has 0 radical (unpaired) electrons. The normalized spacial score (nSPS) is 10.5. The van der Waals surface area contributed by atoms with Gasteiger partial charge in [-0.1, -0.05) is 12.1 Å². The largest absolute Gasteiger partial charge is 0.352 e. The number of benzene rings is 1. The van der Waals surface area contributed by atoms with Crippen LogP contribution < -0.4 is 5.32 Å². The van der Waals surface area contributed by atoms with Gasteiger partial charge >= 0.3 is 0 Å². The predicted molar refractivity (Wildman–Crippen MR) is 80.9 cm³/mol. The third-order valence-electron chi connectivity index (χ3n) is 2.88. The molecule has 0 atom stereocenters. The second-order valence-electron chi connectivity index (χ2n) is 4.30. The fraction of sp³-hybridized carbons (Fsp3) is 0.308. The van der Waals surface area contributed by atoms with Gasteiger partial charge < -0.3 is 9.88 Å². The highest BCUT2D eigenvalue weighted by atomic mass is 127. The van der Waals surface area contributed by atoms with Crippen LogP contribution in [0.1, 0.15) is 21.7 Å². The van der Waals surface area contributed by atoms with Crippen molar-refractivity contribution < 1.29 is 4.79 Å². The monoisotopic (exact) mass is 370 g/mol. The minimum atomic E-state index is -0.0460. The summed E-state index contributed by atoms with van der Waals surface area (Å²) in [5.41, 5.74) is 1.83. The topological polar surface area (TPSA) is 59.8 Å². The highest BCUT2D eigenvalue weighted by Crippen LogP contribution is 2.16. The second kappa shape index (κ2) is 6.14. The van der Waals surface area contributed by atoms with E-state index in [-0.39, 0.29) is 5.91 Å². The third kappa shape index (κ3) is 3.31. The second-order valence-corrected chi connectivity index (χ2v) is 5.38. The molecule has 0 spiro atoms. The molecule has 0 fully saturated rings. The van der Waals surface area contributed by atoms with Crippen LogP contribution in [0, 0.1) is 10.5 Å². The smallest absolute Gasteiger partial charge is 0.252 e. The van der Waals surface area contributed by atoms with Crippen molar-refractivity contribution in [1.82, 2.24) is 20.1 Å². The number of halogens is 1. The van der Waals surface area contributed by atoms with Crippen molar-refractivity contribution in [3.05, 3.63) is 45.0 Å². The van der Waals surface area contributed by atoms with Crippen LogP contribution in [0.3, 0.4) is 0 Å². The molecule has 2 rings (SSSR count). The Morgan fingerprint density at radius 3 is 2.95 bits per heavy atom. The number of aromatic nitrogens is 3. The van der Waals surface area contributed by atoms with E-state index in [0.717, 1.165) is 20.5 Å². The Kier molecular flexibility index (Phi) is 4.52. The van der Waals surface area contributed by atoms with Gasteiger partial charge in [-0.2, -0.15) is 0 Å². The summed E-state index contributed by atoms with van der Waals surface area (Å²) < 4.78 is 2.85. The lowest BCUT2D eigenvalue weighted by atomic mass is 10.1. The van der Waals surface area contributed by atoms with Crippen molar-refractivity contribution in [1.29, 1.82) is 0 Å². The molecule has 0 saturated carbocycles. The maximum atomic E-state index is 12.1. The van der Waals surface area contributed by atoms with Gasteiger partial charge in [-0.3, -0.25) is 4.79 Å². The maximum absolute atomic E-state index is 12.1. The molecule has 0 saturated heterocycles. The van der Waals surface area contributed by atoms with Crippen LogP contribution in [0.2, 0.25) is 0 Å². The average molecular weight is 370 g/mol. The van der Waals surface area contributed by atoms with Gasteiger partial charge in [0.2, 0.25) is 0 Å². The molecule has 6 heteroatoms. The number of carbonyl (C=O) groups excluding carboxylic acids is 1. The van der Waals surface area contributed by atoms with Gasteiger partial charge in [0.25, 0.3) is 5.91 Å². The molecule has 2 aromatic rings. The number of amides is 1. The molecule has 5 nitrogen and oxygen atoms in total. The van der Waals surface area contributed by atoms with Crippen molar-refractivity contribution in [2.45, 2.75) is 13.3 Å². The fourth-order valence-corrected chi connectivity index (χ4v) is 2.34. The first-order valence-electron chi connectivity index (χ1n) is 5.96. The van der Waals surface area contributed by atoms with Crippen LogP contribution in [0.15, 0.2) is 24.5 Å². The molecule has 0 aliphatic rings. The van der Waals surface area contributed by atoms with Crippen molar-refractivity contribution in [2.75, 3.05) is 6.54 Å². The Bertz CT molecular complexity index is 594. The van der Waals surface area contributed by atoms with Crippen molar-refractivity contribution >= 4 is 28.5 Å². The lowest BCUT2D eigenvalue weighted by Gasteiger charge is -2.08. The van der Waals surface area contributed by atoms with Gasteiger partial charge in [0.05, 0.1) is 5.56 Å². The number of aryl methyl sites for hydroxylation is 2. The summed E-state index contributed by atoms with van der Waals surface area (Å²) in [5.74, 6) is 0.814. The zero-order valence-electron chi connectivity index (χ0n) is 10.9. The molecule has 0 aliphatic heterocycles. The van der Waals surface area contributed by atoms with Crippen molar-refractivity contribution in [2.24, 2.45) is 7.05 Å². The number of rotatable bonds is 4. The van der Waals surface area contributed by atoms with E-state index in [9.17, 15) is 4.79 Å². The average Bonchev–Trinajstić information content (AvgIpc) is 2.78. The molecule has 1 heterocycles. The number of hydrogen-bond donors (Lipinski definition) is 1. The highest BCUT2D eigenvalue weighted by molar-refractivity contribution is 14.1. The lowest BCUT2D eigenvalue weighted by molar-refractivity contribution is 0.0953. The molecule has 19 heavy (non-hydrogen) atoms. The van der Waals surface area contributed by atoms with E-state index >= 15 is 0 Å². The summed E-state index contributed by atoms with van der Waals surface area (Å²) in [6, 6.07) is 5.74. The Hall–Kier alpha value is -1.44. The lowest BCUT2D eigenvalue weighted by Crippen LogP contribution is -2.27. The van der Waals surface area contributed by atoms with Gasteiger partial charge in [-0.15, -0.1) is 10.2 Å². The molecule has 100 valence electrons. The molecule has 0 aliphatic carbocycles. The summed E-state index contributed by atoms with van der Waals surface area (Å²) in [4.78, 5) is 12.1. The Labute approximate surface area is 125 Å². The van der Waals surface area contributed by atoms with Crippen molar-refractivity contribution in [3.63, 3.8) is 0 Å². The number of carbonyl (C=O) groups is 1. The zero-order valence-corrected chi connectivity index (χ0v) is 13.0. The maximum Gasteiger partial charge on any atom is 0.252 e. The molecule has 1 aromatic carbocycles. The SMILES string of the molecule is Cc1cccc(C(=O)NCCc2nncn2C)c1I. The number of nitrogens with one attached hydrogen (secondary N) is 1. The summed E-state index contributed by atoms with van der Waals surface area (Å²) >= 11 is 2.20. The van der Waals surface area contributed by atoms with Gasteiger partial charge in [0.15, 0.2) is 0 Å². The molecule has 1 N–H and O–H groups in total. The zero-order chi connectivity index (χ0) is 13.8. The van der Waals surface area contributed by atoms with E-state index < -0.39 is 0 Å². The Morgan fingerprint density at radius 1 is 1.47 bits per heavy atom. The van der Waals surface area contributed by atoms with Crippen LogP contribution in [0.25, 0.3) is 0 Å². The predicted octanol–water partition coefficient (Wildman–Crippen LogP) is 1.70. The first-order valence-corrected chi connectivity index (χ1v) is 7.03. The molecule has 1 aromatic heterocycles. The highest BCUT2D eigenvalue weighted by Gasteiger charge is 2.11. The standard InChI is InChI=1S/C13H15IN4O/c1-9-4-3-5-10(12(9)14)13(19)15-7-6-11-17-16-8-18(11)2/h3-5,8H,6-7H2,1-2H3,(H,15,19). The van der Waals surface area contributed by atoms with Gasteiger partial charge in [-0.05, 0) is 41.1 Å². The van der Waals surface area contributed by atoms with Crippen LogP contribution in [-0.2, 0) is 13.5 Å². The number of nitrogens with zero attached hydrogens (tertiary/aromatic N) is 3. The van der Waals surface area contributed by atoms with Gasteiger partial charge in [-0.25, -0.2) is 0 Å². The summed E-state index contributed by atoms with van der Waals surface area (Å²) in [6.07, 6.45) is 2.32. The molecular weight excluding hydrogens is 355 g/mol. The van der Waals surface area contributed by atoms with Gasteiger partial charge in [0.1, 0.15) is 12.2 Å². The van der Waals surface area contributed by atoms with E-state index in [2.05, 4.69) is 38.1 Å². The Morgan fingerprint density at radius 2 is 2.26 bits per heavy atom. The molecule has 0 bridgehead atoms. The molecular formula is C13H15IN4O. The van der Waals surface area contributed by atoms with Crippen LogP contribution in [0.5, 0.6) is 0 Å². The quantitative estimate of drug-likeness (QED) is 0.834. The number of hydrogen-bond acceptors (Lipinski definition) is 3. The van der Waals surface area contributed by atoms with Crippen LogP contribution in [0.4, 0.5) is 0 Å². The van der Waals surface area contributed by atoms with E-state index in [1.54, 1.807) is 6.33 Å². The molecule has 1 amide bonds. The van der Waals surface area contributed by atoms with E-state index in [4.69, 9.17) is 0 Å². The first kappa shape index (κ1) is 14.0. The van der Waals surface area contributed by atoms with E-state index in [1.165, 1.54) is 0 Å². The fourth-order valence-electron chi connectivity index (χ4n) is 1.74. The summed E-state index contributed by atoms with van der Waals surface area (Å²) in [5, 5.41) is 10.7.